The summed E-state index contributed by atoms with van der Waals surface area (Å²) in [5.74, 6) is 1.26. The Morgan fingerprint density at radius 1 is 1.06 bits per heavy atom. The molecule has 1 fully saturated rings. The molecule has 3 rings (SSSR count). The lowest BCUT2D eigenvalue weighted by atomic mass is 9.96. The quantitative estimate of drug-likeness (QED) is 0.745. The summed E-state index contributed by atoms with van der Waals surface area (Å²) in [5.41, 5.74) is 0.446. The van der Waals surface area contributed by atoms with E-state index in [9.17, 15) is 14.4 Å². The second-order valence-electron chi connectivity index (χ2n) is 9.07. The molecule has 8 heteroatoms. The minimum atomic E-state index is -0.508. The monoisotopic (exact) mass is 447 g/mol. The molecule has 2 heterocycles. The predicted octanol–water partition coefficient (Wildman–Crippen LogP) is 3.67. The Bertz CT molecular complexity index is 800. The highest BCUT2D eigenvalue weighted by molar-refractivity contribution is 7.99. The van der Waals surface area contributed by atoms with Crippen LogP contribution in [-0.4, -0.2) is 60.3 Å². The van der Waals surface area contributed by atoms with Gasteiger partial charge in [-0.05, 0) is 51.7 Å². The number of rotatable bonds is 5. The van der Waals surface area contributed by atoms with Crippen LogP contribution in [0.2, 0.25) is 0 Å². The molecule has 2 aliphatic heterocycles. The predicted molar refractivity (Wildman–Crippen MR) is 122 cm³/mol. The van der Waals surface area contributed by atoms with Gasteiger partial charge in [-0.3, -0.25) is 9.59 Å². The third-order valence-corrected chi connectivity index (χ3v) is 6.53. The number of hydrogen-bond acceptors (Lipinski definition) is 5. The molecular weight excluding hydrogens is 414 g/mol. The van der Waals surface area contributed by atoms with Crippen LogP contribution in [0.15, 0.2) is 29.2 Å². The molecule has 0 radical (unpaired) electrons. The normalized spacial score (nSPS) is 17.1. The molecule has 2 aliphatic rings. The smallest absolute Gasteiger partial charge is 0.407 e. The number of anilines is 1. The van der Waals surface area contributed by atoms with E-state index in [-0.39, 0.29) is 24.7 Å². The first-order valence-electron chi connectivity index (χ1n) is 11.0. The molecule has 3 amide bonds. The van der Waals surface area contributed by atoms with Gasteiger partial charge in [-0.15, -0.1) is 11.8 Å². The van der Waals surface area contributed by atoms with E-state index in [2.05, 4.69) is 5.32 Å². The summed E-state index contributed by atoms with van der Waals surface area (Å²) in [7, 11) is 0. The van der Waals surface area contributed by atoms with Crippen molar-refractivity contribution in [2.75, 3.05) is 36.8 Å². The van der Waals surface area contributed by atoms with Gasteiger partial charge in [0.25, 0.3) is 0 Å². The van der Waals surface area contributed by atoms with Gasteiger partial charge in [0.1, 0.15) is 5.60 Å². The summed E-state index contributed by atoms with van der Waals surface area (Å²) in [5, 5.41) is 2.82. The number of piperidine rings is 1. The molecule has 0 aromatic heterocycles. The Morgan fingerprint density at radius 2 is 1.74 bits per heavy atom. The van der Waals surface area contributed by atoms with Gasteiger partial charge < -0.3 is 19.9 Å². The maximum atomic E-state index is 12.7. The van der Waals surface area contributed by atoms with E-state index < -0.39 is 11.7 Å². The lowest BCUT2D eigenvalue weighted by molar-refractivity contribution is -0.134. The molecule has 0 aliphatic carbocycles. The maximum absolute atomic E-state index is 12.7. The van der Waals surface area contributed by atoms with E-state index >= 15 is 0 Å². The van der Waals surface area contributed by atoms with E-state index in [1.54, 1.807) is 11.8 Å². The van der Waals surface area contributed by atoms with Gasteiger partial charge in [-0.2, -0.15) is 0 Å². The number of carbonyl (C=O) groups is 3. The molecule has 0 bridgehead atoms. The fraction of sp³-hybridized carbons (Fsp3) is 0.609. The zero-order valence-corrected chi connectivity index (χ0v) is 19.5. The topological polar surface area (TPSA) is 79.0 Å². The van der Waals surface area contributed by atoms with E-state index in [0.717, 1.165) is 29.2 Å². The van der Waals surface area contributed by atoms with Crippen LogP contribution in [0.3, 0.4) is 0 Å². The fourth-order valence-corrected chi connectivity index (χ4v) is 4.86. The molecular formula is C23H33N3O4S. The first-order chi connectivity index (χ1) is 14.7. The van der Waals surface area contributed by atoms with Gasteiger partial charge >= 0.3 is 6.09 Å². The molecule has 1 aromatic carbocycles. The fourth-order valence-electron chi connectivity index (χ4n) is 3.86. The number of nitrogens with zero attached hydrogens (tertiary/aromatic N) is 2. The first kappa shape index (κ1) is 23.4. The first-order valence-corrected chi connectivity index (χ1v) is 12.0. The van der Waals surface area contributed by atoms with Crippen molar-refractivity contribution >= 4 is 35.4 Å². The molecule has 0 atom stereocenters. The van der Waals surface area contributed by atoms with Crippen molar-refractivity contribution in [1.82, 2.24) is 10.2 Å². The van der Waals surface area contributed by atoms with Gasteiger partial charge in [0.05, 0.1) is 5.69 Å². The van der Waals surface area contributed by atoms with Crippen molar-refractivity contribution in [3.8, 4) is 0 Å². The Kier molecular flexibility index (Phi) is 7.86. The number of alkyl carbamates (subject to hydrolysis) is 1. The molecule has 1 aromatic rings. The van der Waals surface area contributed by atoms with Crippen LogP contribution in [0.1, 0.15) is 46.5 Å². The van der Waals surface area contributed by atoms with Crippen LogP contribution in [0.25, 0.3) is 0 Å². The second-order valence-corrected chi connectivity index (χ2v) is 10.2. The summed E-state index contributed by atoms with van der Waals surface area (Å²) in [4.78, 5) is 41.9. The Balaban J connectivity index is 1.39. The summed E-state index contributed by atoms with van der Waals surface area (Å²) in [6.45, 7) is 8.08. The number of thioether (sulfide) groups is 1. The highest BCUT2D eigenvalue weighted by atomic mass is 32.2. The average Bonchev–Trinajstić information content (AvgIpc) is 2.74. The number of carbonyl (C=O) groups excluding carboxylic acids is 3. The van der Waals surface area contributed by atoms with E-state index in [0.29, 0.717) is 32.1 Å². The molecule has 0 spiro atoms. The van der Waals surface area contributed by atoms with Crippen molar-refractivity contribution in [3.05, 3.63) is 24.3 Å². The lowest BCUT2D eigenvalue weighted by Crippen LogP contribution is -2.43. The van der Waals surface area contributed by atoms with E-state index in [1.807, 2.05) is 54.8 Å². The minimum Gasteiger partial charge on any atom is -0.444 e. The van der Waals surface area contributed by atoms with E-state index in [4.69, 9.17) is 4.74 Å². The highest BCUT2D eigenvalue weighted by Crippen LogP contribution is 2.34. The van der Waals surface area contributed by atoms with Crippen LogP contribution in [-0.2, 0) is 14.3 Å². The Labute approximate surface area is 188 Å². The summed E-state index contributed by atoms with van der Waals surface area (Å²) >= 11 is 1.76. The maximum Gasteiger partial charge on any atom is 0.407 e. The number of ether oxygens (including phenoxy) is 1. The molecule has 0 saturated carbocycles. The minimum absolute atomic E-state index is 0.0116. The molecule has 7 nitrogen and oxygen atoms in total. The second kappa shape index (κ2) is 10.4. The molecule has 1 N–H and O–H groups in total. The zero-order chi connectivity index (χ0) is 22.4. The Morgan fingerprint density at radius 3 is 2.45 bits per heavy atom. The summed E-state index contributed by atoms with van der Waals surface area (Å²) < 4.78 is 5.26. The number of benzene rings is 1. The largest absolute Gasteiger partial charge is 0.444 e. The number of amides is 3. The number of likely N-dealkylation sites (tertiary alicyclic amines) is 1. The summed E-state index contributed by atoms with van der Waals surface area (Å²) in [6, 6.07) is 7.93. The zero-order valence-electron chi connectivity index (χ0n) is 18.7. The van der Waals surface area contributed by atoms with E-state index in [1.165, 1.54) is 0 Å². The van der Waals surface area contributed by atoms with Crippen molar-refractivity contribution in [3.63, 3.8) is 0 Å². The highest BCUT2D eigenvalue weighted by Gasteiger charge is 2.26. The van der Waals surface area contributed by atoms with Gasteiger partial charge in [-0.25, -0.2) is 4.79 Å². The van der Waals surface area contributed by atoms with Crippen LogP contribution in [0, 0.1) is 5.92 Å². The number of para-hydroxylation sites is 1. The van der Waals surface area contributed by atoms with Crippen LogP contribution >= 0.6 is 11.8 Å². The molecule has 31 heavy (non-hydrogen) atoms. The van der Waals surface area contributed by atoms with Crippen molar-refractivity contribution in [2.45, 2.75) is 57.0 Å². The molecule has 0 unspecified atom stereocenters. The van der Waals surface area contributed by atoms with Crippen LogP contribution < -0.4 is 10.2 Å². The SMILES string of the molecule is CC(C)(C)OC(=O)NCC1CCN(C(=O)CCC(=O)N2CCSc3ccccc32)CC1. The lowest BCUT2D eigenvalue weighted by Gasteiger charge is -2.33. The summed E-state index contributed by atoms with van der Waals surface area (Å²) in [6.07, 6.45) is 1.75. The van der Waals surface area contributed by atoms with Crippen LogP contribution in [0.5, 0.6) is 0 Å². The standard InChI is InChI=1S/C23H33N3O4S/c1-23(2,3)30-22(29)24-16-17-10-12-25(13-11-17)20(27)8-9-21(28)26-14-15-31-19-7-5-4-6-18(19)26/h4-7,17H,8-16H2,1-3H3,(H,24,29). The van der Waals surface area contributed by atoms with Crippen molar-refractivity contribution in [2.24, 2.45) is 5.92 Å². The van der Waals surface area contributed by atoms with Gasteiger partial charge in [0.15, 0.2) is 0 Å². The number of hydrogen-bond donors (Lipinski definition) is 1. The van der Waals surface area contributed by atoms with Gasteiger partial charge in [0, 0.05) is 49.7 Å². The third-order valence-electron chi connectivity index (χ3n) is 5.48. The van der Waals surface area contributed by atoms with Gasteiger partial charge in [0.2, 0.25) is 11.8 Å². The van der Waals surface area contributed by atoms with Crippen molar-refractivity contribution < 1.29 is 19.1 Å². The number of nitrogens with one attached hydrogen (secondary N) is 1. The van der Waals surface area contributed by atoms with Crippen molar-refractivity contribution in [1.29, 1.82) is 0 Å². The molecule has 1 saturated heterocycles. The third kappa shape index (κ3) is 6.89. The average molecular weight is 448 g/mol. The van der Waals surface area contributed by atoms with Gasteiger partial charge in [-0.1, -0.05) is 12.1 Å². The van der Waals surface area contributed by atoms with Crippen LogP contribution in [0.4, 0.5) is 10.5 Å². The molecule has 170 valence electrons. The number of fused-ring (bicyclic) bond motifs is 1. The Hall–Kier alpha value is -2.22.